The largest absolute Gasteiger partial charge is 0.496 e. The number of ether oxygens (including phenoxy) is 1. The molecule has 0 saturated carbocycles. The predicted molar refractivity (Wildman–Crippen MR) is 87.6 cm³/mol. The zero-order valence-electron chi connectivity index (χ0n) is 11.9. The second-order valence-corrected chi connectivity index (χ2v) is 6.62. The van der Waals surface area contributed by atoms with Crippen LogP contribution in [0, 0.1) is 17.0 Å². The summed E-state index contributed by atoms with van der Waals surface area (Å²) in [5.41, 5.74) is 0.781. The summed E-state index contributed by atoms with van der Waals surface area (Å²) >= 11 is 4.47. The number of halogens is 1. The van der Waals surface area contributed by atoms with Gasteiger partial charge < -0.3 is 10.1 Å². The van der Waals surface area contributed by atoms with Gasteiger partial charge >= 0.3 is 0 Å². The Morgan fingerprint density at radius 2 is 2.18 bits per heavy atom. The lowest BCUT2D eigenvalue weighted by molar-refractivity contribution is -0.385. The number of hydrogen-bond donors (Lipinski definition) is 1. The van der Waals surface area contributed by atoms with Crippen molar-refractivity contribution in [1.29, 1.82) is 0 Å². The minimum atomic E-state index is -0.486. The molecule has 2 rings (SSSR count). The number of aryl methyl sites for hydroxylation is 1. The van der Waals surface area contributed by atoms with Gasteiger partial charge in [-0.1, -0.05) is 15.9 Å². The molecule has 1 aromatic carbocycles. The third-order valence-electron chi connectivity index (χ3n) is 2.99. The maximum absolute atomic E-state index is 12.1. The molecule has 0 radical (unpaired) electrons. The number of carbonyl (C=O) groups is 1. The first-order chi connectivity index (χ1) is 10.4. The Morgan fingerprint density at radius 1 is 1.45 bits per heavy atom. The third-order valence-corrected chi connectivity index (χ3v) is 4.53. The molecule has 8 heteroatoms. The van der Waals surface area contributed by atoms with E-state index in [0.29, 0.717) is 15.5 Å². The minimum Gasteiger partial charge on any atom is -0.496 e. The molecule has 2 aromatic rings. The van der Waals surface area contributed by atoms with Gasteiger partial charge in [0.05, 0.1) is 21.8 Å². The monoisotopic (exact) mass is 384 g/mol. The standard InChI is InChI=1S/C14H13BrN2O4S/c1-8-11(17(19)20)6-13(22-8)14(18)16-7-9-5-10(15)3-4-12(9)21-2/h3-6H,7H2,1-2H3,(H,16,18). The highest BCUT2D eigenvalue weighted by atomic mass is 79.9. The SMILES string of the molecule is COc1ccc(Br)cc1CNC(=O)c1cc([N+](=O)[O-])c(C)s1. The minimum absolute atomic E-state index is 0.0322. The molecule has 0 atom stereocenters. The van der Waals surface area contributed by atoms with Crippen molar-refractivity contribution in [3.63, 3.8) is 0 Å². The summed E-state index contributed by atoms with van der Waals surface area (Å²) in [5, 5.41) is 13.6. The van der Waals surface area contributed by atoms with Crippen molar-refractivity contribution in [1.82, 2.24) is 5.32 Å². The first-order valence-corrected chi connectivity index (χ1v) is 7.88. The van der Waals surface area contributed by atoms with Gasteiger partial charge in [-0.15, -0.1) is 11.3 Å². The van der Waals surface area contributed by atoms with Crippen LogP contribution in [0.4, 0.5) is 5.69 Å². The van der Waals surface area contributed by atoms with Gasteiger partial charge in [-0.05, 0) is 25.1 Å². The summed E-state index contributed by atoms with van der Waals surface area (Å²) in [6, 6.07) is 6.79. The second-order valence-electron chi connectivity index (χ2n) is 4.45. The topological polar surface area (TPSA) is 81.5 Å². The highest BCUT2D eigenvalue weighted by molar-refractivity contribution is 9.10. The molecular weight excluding hydrogens is 372 g/mol. The van der Waals surface area contributed by atoms with Crippen LogP contribution in [-0.2, 0) is 6.54 Å². The van der Waals surface area contributed by atoms with Crippen LogP contribution in [0.1, 0.15) is 20.1 Å². The van der Waals surface area contributed by atoms with Crippen molar-refractivity contribution < 1.29 is 14.5 Å². The molecule has 0 saturated heterocycles. The molecule has 1 aromatic heterocycles. The van der Waals surface area contributed by atoms with Gasteiger partial charge in [0.1, 0.15) is 5.75 Å². The van der Waals surface area contributed by atoms with Crippen LogP contribution in [0.25, 0.3) is 0 Å². The molecule has 1 N–H and O–H groups in total. The Hall–Kier alpha value is -1.93. The van der Waals surface area contributed by atoms with E-state index in [-0.39, 0.29) is 18.1 Å². The van der Waals surface area contributed by atoms with Gasteiger partial charge in [-0.3, -0.25) is 14.9 Å². The number of amides is 1. The van der Waals surface area contributed by atoms with Crippen LogP contribution in [0.3, 0.4) is 0 Å². The van der Waals surface area contributed by atoms with Crippen molar-refractivity contribution >= 4 is 38.9 Å². The summed E-state index contributed by atoms with van der Waals surface area (Å²) < 4.78 is 6.11. The van der Waals surface area contributed by atoms with Crippen molar-refractivity contribution in [3.8, 4) is 5.75 Å². The molecule has 1 amide bonds. The quantitative estimate of drug-likeness (QED) is 0.629. The molecule has 116 valence electrons. The van der Waals surface area contributed by atoms with Crippen molar-refractivity contribution in [3.05, 3.63) is 54.2 Å². The molecule has 6 nitrogen and oxygen atoms in total. The van der Waals surface area contributed by atoms with E-state index in [1.54, 1.807) is 20.1 Å². The smallest absolute Gasteiger partial charge is 0.283 e. The van der Waals surface area contributed by atoms with Crippen LogP contribution in [-0.4, -0.2) is 17.9 Å². The number of carbonyl (C=O) groups excluding carboxylic acids is 1. The lowest BCUT2D eigenvalue weighted by atomic mass is 10.2. The van der Waals surface area contributed by atoms with E-state index in [9.17, 15) is 14.9 Å². The number of nitrogens with one attached hydrogen (secondary N) is 1. The Kier molecular flexibility index (Phi) is 5.15. The van der Waals surface area contributed by atoms with Gasteiger partial charge in [0.2, 0.25) is 0 Å². The highest BCUT2D eigenvalue weighted by Gasteiger charge is 2.19. The first kappa shape index (κ1) is 16.4. The maximum atomic E-state index is 12.1. The predicted octanol–water partition coefficient (Wildman–Crippen LogP) is 3.67. The average Bonchev–Trinajstić information content (AvgIpc) is 2.87. The molecule has 0 unspecified atom stereocenters. The van der Waals surface area contributed by atoms with Crippen LogP contribution < -0.4 is 10.1 Å². The van der Waals surface area contributed by atoms with Crippen LogP contribution in [0.2, 0.25) is 0 Å². The van der Waals surface area contributed by atoms with Gasteiger partial charge in [-0.25, -0.2) is 0 Å². The molecule has 0 aliphatic carbocycles. The summed E-state index contributed by atoms with van der Waals surface area (Å²) in [6.07, 6.45) is 0. The third kappa shape index (κ3) is 3.63. The van der Waals surface area contributed by atoms with E-state index < -0.39 is 4.92 Å². The number of hydrogen-bond acceptors (Lipinski definition) is 5. The van der Waals surface area contributed by atoms with Crippen LogP contribution >= 0.6 is 27.3 Å². The fourth-order valence-electron chi connectivity index (χ4n) is 1.91. The van der Waals surface area contributed by atoms with E-state index in [1.807, 2.05) is 12.1 Å². The summed E-state index contributed by atoms with van der Waals surface area (Å²) in [5.74, 6) is 0.320. The number of rotatable bonds is 5. The summed E-state index contributed by atoms with van der Waals surface area (Å²) in [4.78, 5) is 23.3. The van der Waals surface area contributed by atoms with Crippen LogP contribution in [0.15, 0.2) is 28.7 Å². The van der Waals surface area contributed by atoms with Crippen molar-refractivity contribution in [2.24, 2.45) is 0 Å². The van der Waals surface area contributed by atoms with E-state index in [0.717, 1.165) is 21.4 Å². The molecule has 1 heterocycles. The van der Waals surface area contributed by atoms with Gasteiger partial charge in [0.25, 0.3) is 11.6 Å². The Morgan fingerprint density at radius 3 is 2.77 bits per heavy atom. The van der Waals surface area contributed by atoms with Crippen molar-refractivity contribution in [2.45, 2.75) is 13.5 Å². The van der Waals surface area contributed by atoms with Crippen LogP contribution in [0.5, 0.6) is 5.75 Å². The van der Waals surface area contributed by atoms with Crippen molar-refractivity contribution in [2.75, 3.05) is 7.11 Å². The highest BCUT2D eigenvalue weighted by Crippen LogP contribution is 2.28. The Balaban J connectivity index is 2.12. The molecular formula is C14H13BrN2O4S. The number of methoxy groups -OCH3 is 1. The summed E-state index contributed by atoms with van der Waals surface area (Å²) in [7, 11) is 1.56. The Bertz CT molecular complexity index is 730. The fourth-order valence-corrected chi connectivity index (χ4v) is 3.23. The first-order valence-electron chi connectivity index (χ1n) is 6.27. The van der Waals surface area contributed by atoms with Gasteiger partial charge in [0.15, 0.2) is 0 Å². The fraction of sp³-hybridized carbons (Fsp3) is 0.214. The van der Waals surface area contributed by atoms with E-state index in [2.05, 4.69) is 21.2 Å². The maximum Gasteiger partial charge on any atom is 0.283 e. The molecule has 22 heavy (non-hydrogen) atoms. The summed E-state index contributed by atoms with van der Waals surface area (Å²) in [6.45, 7) is 1.89. The van der Waals surface area contributed by atoms with Gasteiger partial charge in [0, 0.05) is 22.6 Å². The number of thiophene rings is 1. The number of benzene rings is 1. The molecule has 0 aliphatic heterocycles. The normalized spacial score (nSPS) is 10.3. The van der Waals surface area contributed by atoms with E-state index >= 15 is 0 Å². The average molecular weight is 385 g/mol. The number of nitrogens with zero attached hydrogens (tertiary/aromatic N) is 1. The Labute approximate surface area is 139 Å². The lowest BCUT2D eigenvalue weighted by Crippen LogP contribution is -2.22. The molecule has 0 aliphatic rings. The lowest BCUT2D eigenvalue weighted by Gasteiger charge is -2.09. The van der Waals surface area contributed by atoms with E-state index in [1.165, 1.54) is 6.07 Å². The molecule has 0 spiro atoms. The number of nitro groups is 1. The van der Waals surface area contributed by atoms with E-state index in [4.69, 9.17) is 4.74 Å². The molecule has 0 bridgehead atoms. The zero-order chi connectivity index (χ0) is 16.3. The van der Waals surface area contributed by atoms with Gasteiger partial charge in [-0.2, -0.15) is 0 Å². The molecule has 0 fully saturated rings. The zero-order valence-corrected chi connectivity index (χ0v) is 14.3. The second kappa shape index (κ2) is 6.89.